The monoisotopic (exact) mass is 381 g/mol. The molecule has 0 spiro atoms. The first-order valence-electron chi connectivity index (χ1n) is 8.37. The molecule has 3 rings (SSSR count). The number of ether oxygens (including phenoxy) is 3. The molecule has 2 aromatic carbocycles. The van der Waals surface area contributed by atoms with Crippen molar-refractivity contribution in [3.05, 3.63) is 64.5 Å². The molecule has 0 saturated carbocycles. The molecule has 1 amide bonds. The molecule has 1 aromatic heterocycles. The Kier molecular flexibility index (Phi) is 5.64. The van der Waals surface area contributed by atoms with Crippen molar-refractivity contribution in [2.75, 3.05) is 26.6 Å². The number of amides is 1. The van der Waals surface area contributed by atoms with Gasteiger partial charge in [-0.15, -0.1) is 0 Å². The minimum absolute atomic E-state index is 0.314. The summed E-state index contributed by atoms with van der Waals surface area (Å²) in [6.45, 7) is 0. The van der Waals surface area contributed by atoms with Gasteiger partial charge in [-0.05, 0) is 48.0 Å². The SMILES string of the molecule is COc1cc(/C=C/C(=O)Nc2ccc3oc(=O)ccc3c2)cc(OC)c1OC. The molecular formula is C21H19NO6. The largest absolute Gasteiger partial charge is 0.493 e. The molecule has 0 atom stereocenters. The number of carbonyl (C=O) groups excluding carboxylic acids is 1. The van der Waals surface area contributed by atoms with E-state index in [0.717, 1.165) is 0 Å². The molecule has 7 nitrogen and oxygen atoms in total. The summed E-state index contributed by atoms with van der Waals surface area (Å²) in [7, 11) is 4.58. The van der Waals surface area contributed by atoms with E-state index >= 15 is 0 Å². The van der Waals surface area contributed by atoms with Gasteiger partial charge in [-0.3, -0.25) is 4.79 Å². The van der Waals surface area contributed by atoms with Gasteiger partial charge in [0.05, 0.1) is 21.3 Å². The molecule has 7 heteroatoms. The number of nitrogens with one attached hydrogen (secondary N) is 1. The Hall–Kier alpha value is -3.74. The first-order valence-corrected chi connectivity index (χ1v) is 8.37. The predicted molar refractivity (Wildman–Crippen MR) is 106 cm³/mol. The Morgan fingerprint density at radius 2 is 1.68 bits per heavy atom. The second kappa shape index (κ2) is 8.30. The van der Waals surface area contributed by atoms with Crippen molar-refractivity contribution in [1.29, 1.82) is 0 Å². The molecule has 0 aliphatic rings. The third-order valence-corrected chi connectivity index (χ3v) is 4.00. The summed E-state index contributed by atoms with van der Waals surface area (Å²) < 4.78 is 21.0. The zero-order chi connectivity index (χ0) is 20.1. The van der Waals surface area contributed by atoms with Crippen LogP contribution in [0.3, 0.4) is 0 Å². The normalized spacial score (nSPS) is 10.8. The summed E-state index contributed by atoms with van der Waals surface area (Å²) >= 11 is 0. The van der Waals surface area contributed by atoms with E-state index in [9.17, 15) is 9.59 Å². The molecular weight excluding hydrogens is 362 g/mol. The van der Waals surface area contributed by atoms with Gasteiger partial charge in [-0.25, -0.2) is 4.79 Å². The van der Waals surface area contributed by atoms with Gasteiger partial charge in [0.2, 0.25) is 11.7 Å². The van der Waals surface area contributed by atoms with Crippen LogP contribution < -0.4 is 25.2 Å². The van der Waals surface area contributed by atoms with Crippen molar-refractivity contribution in [2.45, 2.75) is 0 Å². The Labute approximate surface area is 161 Å². The number of carbonyl (C=O) groups is 1. The molecule has 28 heavy (non-hydrogen) atoms. The van der Waals surface area contributed by atoms with Gasteiger partial charge in [-0.2, -0.15) is 0 Å². The van der Waals surface area contributed by atoms with Crippen LogP contribution in [0.25, 0.3) is 17.0 Å². The van der Waals surface area contributed by atoms with Crippen molar-refractivity contribution < 1.29 is 23.4 Å². The lowest BCUT2D eigenvalue weighted by Crippen LogP contribution is -2.07. The molecule has 144 valence electrons. The Balaban J connectivity index is 1.78. The Morgan fingerprint density at radius 3 is 2.32 bits per heavy atom. The fraction of sp³-hybridized carbons (Fsp3) is 0.143. The van der Waals surface area contributed by atoms with Crippen LogP contribution in [0, 0.1) is 0 Å². The maximum absolute atomic E-state index is 12.2. The molecule has 0 saturated heterocycles. The van der Waals surface area contributed by atoms with Crippen LogP contribution in [-0.2, 0) is 4.79 Å². The minimum Gasteiger partial charge on any atom is -0.493 e. The highest BCUT2D eigenvalue weighted by atomic mass is 16.5. The van der Waals surface area contributed by atoms with Gasteiger partial charge in [-0.1, -0.05) is 0 Å². The van der Waals surface area contributed by atoms with Gasteiger partial charge in [0.15, 0.2) is 11.5 Å². The second-order valence-corrected chi connectivity index (χ2v) is 5.79. The fourth-order valence-corrected chi connectivity index (χ4v) is 2.70. The zero-order valence-electron chi connectivity index (χ0n) is 15.6. The quantitative estimate of drug-likeness (QED) is 0.520. The van der Waals surface area contributed by atoms with E-state index in [1.807, 2.05) is 0 Å². The third-order valence-electron chi connectivity index (χ3n) is 4.00. The predicted octanol–water partition coefficient (Wildman–Crippen LogP) is 3.47. The van der Waals surface area contributed by atoms with Crippen molar-refractivity contribution >= 4 is 28.6 Å². The smallest absolute Gasteiger partial charge is 0.336 e. The fourth-order valence-electron chi connectivity index (χ4n) is 2.70. The van der Waals surface area contributed by atoms with Crippen LogP contribution in [0.2, 0.25) is 0 Å². The molecule has 0 fully saturated rings. The summed E-state index contributed by atoms with van der Waals surface area (Å²) in [5.41, 5.74) is 1.34. The van der Waals surface area contributed by atoms with E-state index < -0.39 is 5.63 Å². The first kappa shape index (κ1) is 19.0. The summed E-state index contributed by atoms with van der Waals surface area (Å²) in [4.78, 5) is 23.5. The van der Waals surface area contributed by atoms with Crippen LogP contribution in [0.5, 0.6) is 17.2 Å². The van der Waals surface area contributed by atoms with Gasteiger partial charge in [0, 0.05) is 23.2 Å². The standard InChI is InChI=1S/C21H19NO6/c1-25-17-10-13(11-18(26-2)21(17)27-3)4-8-19(23)22-15-6-7-16-14(12-15)5-9-20(24)28-16/h4-12H,1-3H3,(H,22,23)/b8-4+. The van der Waals surface area contributed by atoms with E-state index in [0.29, 0.717) is 39.5 Å². The molecule has 1 heterocycles. The molecule has 0 radical (unpaired) electrons. The van der Waals surface area contributed by atoms with Gasteiger partial charge >= 0.3 is 5.63 Å². The average molecular weight is 381 g/mol. The van der Waals surface area contributed by atoms with Crippen molar-refractivity contribution in [1.82, 2.24) is 0 Å². The molecule has 3 aromatic rings. The summed E-state index contributed by atoms with van der Waals surface area (Å²) in [6.07, 6.45) is 3.04. The van der Waals surface area contributed by atoms with Crippen molar-refractivity contribution in [3.8, 4) is 17.2 Å². The lowest BCUT2D eigenvalue weighted by atomic mass is 10.1. The number of hydrogen-bond acceptors (Lipinski definition) is 6. The van der Waals surface area contributed by atoms with Crippen LogP contribution in [0.15, 0.2) is 57.8 Å². The lowest BCUT2D eigenvalue weighted by molar-refractivity contribution is -0.111. The molecule has 0 unspecified atom stereocenters. The number of rotatable bonds is 6. The van der Waals surface area contributed by atoms with Gasteiger partial charge in [0.1, 0.15) is 5.58 Å². The lowest BCUT2D eigenvalue weighted by Gasteiger charge is -2.12. The van der Waals surface area contributed by atoms with E-state index in [1.54, 1.807) is 42.5 Å². The van der Waals surface area contributed by atoms with Crippen LogP contribution >= 0.6 is 0 Å². The van der Waals surface area contributed by atoms with E-state index in [4.69, 9.17) is 18.6 Å². The van der Waals surface area contributed by atoms with Gasteiger partial charge in [0.25, 0.3) is 0 Å². The van der Waals surface area contributed by atoms with E-state index in [1.165, 1.54) is 33.5 Å². The van der Waals surface area contributed by atoms with E-state index in [2.05, 4.69) is 5.32 Å². The average Bonchev–Trinajstić information content (AvgIpc) is 2.71. The number of fused-ring (bicyclic) bond motifs is 1. The van der Waals surface area contributed by atoms with Crippen molar-refractivity contribution in [2.24, 2.45) is 0 Å². The first-order chi connectivity index (χ1) is 13.5. The Bertz CT molecular complexity index is 1070. The number of anilines is 1. The highest BCUT2D eigenvalue weighted by molar-refractivity contribution is 6.02. The molecule has 0 aliphatic heterocycles. The van der Waals surface area contributed by atoms with Crippen LogP contribution in [0.4, 0.5) is 5.69 Å². The topological polar surface area (TPSA) is 87.0 Å². The number of hydrogen-bond donors (Lipinski definition) is 1. The van der Waals surface area contributed by atoms with Crippen LogP contribution in [-0.4, -0.2) is 27.2 Å². The van der Waals surface area contributed by atoms with E-state index in [-0.39, 0.29) is 5.91 Å². The molecule has 1 N–H and O–H groups in total. The minimum atomic E-state index is -0.419. The highest BCUT2D eigenvalue weighted by Crippen LogP contribution is 2.38. The maximum atomic E-state index is 12.2. The summed E-state index contributed by atoms with van der Waals surface area (Å²) in [6, 6.07) is 11.5. The second-order valence-electron chi connectivity index (χ2n) is 5.79. The highest BCUT2D eigenvalue weighted by Gasteiger charge is 2.12. The van der Waals surface area contributed by atoms with Gasteiger partial charge < -0.3 is 23.9 Å². The summed E-state index contributed by atoms with van der Waals surface area (Å²) in [5, 5.41) is 3.48. The Morgan fingerprint density at radius 1 is 0.964 bits per heavy atom. The maximum Gasteiger partial charge on any atom is 0.336 e. The molecule has 0 aliphatic carbocycles. The third kappa shape index (κ3) is 4.15. The zero-order valence-corrected chi connectivity index (χ0v) is 15.6. The number of benzene rings is 2. The molecule has 0 bridgehead atoms. The summed E-state index contributed by atoms with van der Waals surface area (Å²) in [5.74, 6) is 1.16. The van der Waals surface area contributed by atoms with Crippen molar-refractivity contribution in [3.63, 3.8) is 0 Å². The van der Waals surface area contributed by atoms with Crippen LogP contribution in [0.1, 0.15) is 5.56 Å². The number of methoxy groups -OCH3 is 3.